The molecule has 1 saturated carbocycles. The summed E-state index contributed by atoms with van der Waals surface area (Å²) in [5.74, 6) is 1.75. The number of aryl methyl sites for hydroxylation is 2. The van der Waals surface area contributed by atoms with E-state index in [2.05, 4.69) is 18.3 Å². The molecular formula is C19H29NO2S. The van der Waals surface area contributed by atoms with Crippen LogP contribution in [-0.4, -0.2) is 29.6 Å². The maximum atomic E-state index is 12.1. The second-order valence-electron chi connectivity index (χ2n) is 6.45. The Labute approximate surface area is 144 Å². The first-order chi connectivity index (χ1) is 11.1. The van der Waals surface area contributed by atoms with Gasteiger partial charge in [0.15, 0.2) is 6.10 Å². The van der Waals surface area contributed by atoms with Crippen molar-refractivity contribution in [1.82, 2.24) is 5.32 Å². The van der Waals surface area contributed by atoms with Gasteiger partial charge in [0.1, 0.15) is 5.75 Å². The van der Waals surface area contributed by atoms with E-state index in [4.69, 9.17) is 4.74 Å². The molecule has 1 fully saturated rings. The zero-order chi connectivity index (χ0) is 16.7. The molecule has 0 bridgehead atoms. The summed E-state index contributed by atoms with van der Waals surface area (Å²) < 4.78 is 5.79. The molecule has 0 unspecified atom stereocenters. The van der Waals surface area contributed by atoms with Gasteiger partial charge in [0.2, 0.25) is 0 Å². The van der Waals surface area contributed by atoms with E-state index < -0.39 is 6.10 Å². The van der Waals surface area contributed by atoms with E-state index in [1.807, 2.05) is 37.7 Å². The van der Waals surface area contributed by atoms with Crippen LogP contribution in [0.15, 0.2) is 18.2 Å². The van der Waals surface area contributed by atoms with Gasteiger partial charge < -0.3 is 10.1 Å². The minimum Gasteiger partial charge on any atom is -0.481 e. The van der Waals surface area contributed by atoms with Crippen LogP contribution >= 0.6 is 11.8 Å². The van der Waals surface area contributed by atoms with Crippen LogP contribution in [0.5, 0.6) is 5.75 Å². The molecule has 3 nitrogen and oxygen atoms in total. The maximum absolute atomic E-state index is 12.1. The van der Waals surface area contributed by atoms with E-state index in [9.17, 15) is 4.79 Å². The van der Waals surface area contributed by atoms with Crippen LogP contribution in [0.3, 0.4) is 0 Å². The third-order valence-electron chi connectivity index (χ3n) is 4.31. The van der Waals surface area contributed by atoms with Gasteiger partial charge in [-0.1, -0.05) is 37.0 Å². The first-order valence-corrected chi connectivity index (χ1v) is 9.74. The molecule has 0 radical (unpaired) electrons. The quantitative estimate of drug-likeness (QED) is 0.757. The molecule has 1 aromatic carbocycles. The minimum absolute atomic E-state index is 0.0331. The van der Waals surface area contributed by atoms with Crippen LogP contribution in [0.4, 0.5) is 0 Å². The highest BCUT2D eigenvalue weighted by Crippen LogP contribution is 2.27. The van der Waals surface area contributed by atoms with Gasteiger partial charge in [-0.25, -0.2) is 0 Å². The van der Waals surface area contributed by atoms with Crippen molar-refractivity contribution < 1.29 is 9.53 Å². The fraction of sp³-hybridized carbons (Fsp3) is 0.632. The summed E-state index contributed by atoms with van der Waals surface area (Å²) in [4.78, 5) is 12.1. The maximum Gasteiger partial charge on any atom is 0.260 e. The minimum atomic E-state index is -0.462. The Morgan fingerprint density at radius 2 is 2.04 bits per heavy atom. The lowest BCUT2D eigenvalue weighted by Crippen LogP contribution is -2.37. The summed E-state index contributed by atoms with van der Waals surface area (Å²) in [7, 11) is 0. The number of amides is 1. The van der Waals surface area contributed by atoms with Crippen molar-refractivity contribution in [2.45, 2.75) is 64.2 Å². The van der Waals surface area contributed by atoms with Crippen LogP contribution < -0.4 is 10.1 Å². The summed E-state index contributed by atoms with van der Waals surface area (Å²) in [6.45, 7) is 6.59. The monoisotopic (exact) mass is 335 g/mol. The lowest BCUT2D eigenvalue weighted by molar-refractivity contribution is -0.127. The summed E-state index contributed by atoms with van der Waals surface area (Å²) in [6, 6.07) is 6.02. The summed E-state index contributed by atoms with van der Waals surface area (Å²) in [5.41, 5.74) is 2.27. The molecule has 0 heterocycles. The van der Waals surface area contributed by atoms with E-state index >= 15 is 0 Å². The third-order valence-corrected chi connectivity index (χ3v) is 5.69. The van der Waals surface area contributed by atoms with Crippen LogP contribution in [0.1, 0.15) is 50.2 Å². The number of rotatable bonds is 7. The molecule has 1 N–H and O–H groups in total. The molecule has 0 aliphatic heterocycles. The van der Waals surface area contributed by atoms with E-state index in [1.165, 1.54) is 37.7 Å². The van der Waals surface area contributed by atoms with Gasteiger partial charge in [0, 0.05) is 17.5 Å². The van der Waals surface area contributed by atoms with Crippen molar-refractivity contribution in [3.8, 4) is 5.75 Å². The molecule has 4 heteroatoms. The standard InChI is InChI=1S/C19H29NO2S/c1-14-9-10-18(15(2)13-14)22-16(3)19(21)20-11-12-23-17-7-5-4-6-8-17/h9-10,13,16-17H,4-8,11-12H2,1-3H3,(H,20,21)/t16-/m0/s1. The Morgan fingerprint density at radius 3 is 2.74 bits per heavy atom. The second-order valence-corrected chi connectivity index (χ2v) is 7.86. The number of nitrogens with one attached hydrogen (secondary N) is 1. The van der Waals surface area contributed by atoms with Gasteiger partial charge >= 0.3 is 0 Å². The predicted octanol–water partition coefficient (Wildman–Crippen LogP) is 4.25. The van der Waals surface area contributed by atoms with E-state index in [1.54, 1.807) is 0 Å². The molecular weight excluding hydrogens is 306 g/mol. The molecule has 0 spiro atoms. The van der Waals surface area contributed by atoms with Crippen molar-refractivity contribution in [1.29, 1.82) is 0 Å². The number of thioether (sulfide) groups is 1. The average molecular weight is 336 g/mol. The fourth-order valence-corrected chi connectivity index (χ4v) is 4.17. The number of hydrogen-bond acceptors (Lipinski definition) is 3. The summed E-state index contributed by atoms with van der Waals surface area (Å²) >= 11 is 2.00. The second kappa shape index (κ2) is 9.21. The molecule has 0 saturated heterocycles. The molecule has 2 rings (SSSR count). The molecule has 128 valence electrons. The number of carbonyl (C=O) groups is 1. The molecule has 0 aromatic heterocycles. The van der Waals surface area contributed by atoms with Gasteiger partial charge in [0.05, 0.1) is 0 Å². The van der Waals surface area contributed by atoms with Crippen LogP contribution in [-0.2, 0) is 4.79 Å². The molecule has 23 heavy (non-hydrogen) atoms. The van der Waals surface area contributed by atoms with Crippen molar-refractivity contribution >= 4 is 17.7 Å². The lowest BCUT2D eigenvalue weighted by atomic mass is 10.0. The lowest BCUT2D eigenvalue weighted by Gasteiger charge is -2.21. The Kier molecular flexibility index (Phi) is 7.28. The fourth-order valence-electron chi connectivity index (χ4n) is 2.95. The van der Waals surface area contributed by atoms with Gasteiger partial charge in [-0.05, 0) is 45.2 Å². The average Bonchev–Trinajstić information content (AvgIpc) is 2.55. The number of carbonyl (C=O) groups excluding carboxylic acids is 1. The van der Waals surface area contributed by atoms with Gasteiger partial charge in [-0.15, -0.1) is 0 Å². The third kappa shape index (κ3) is 6.09. The van der Waals surface area contributed by atoms with Crippen molar-refractivity contribution in [2.75, 3.05) is 12.3 Å². The Morgan fingerprint density at radius 1 is 1.30 bits per heavy atom. The zero-order valence-corrected chi connectivity index (χ0v) is 15.4. The highest BCUT2D eigenvalue weighted by atomic mass is 32.2. The zero-order valence-electron chi connectivity index (χ0n) is 14.6. The largest absolute Gasteiger partial charge is 0.481 e. The summed E-state index contributed by atoms with van der Waals surface area (Å²) in [5, 5.41) is 3.78. The smallest absolute Gasteiger partial charge is 0.260 e. The van der Waals surface area contributed by atoms with E-state index in [-0.39, 0.29) is 5.91 Å². The first-order valence-electron chi connectivity index (χ1n) is 8.69. The molecule has 1 aliphatic carbocycles. The Bertz CT molecular complexity index is 512. The molecule has 1 aliphatic rings. The van der Waals surface area contributed by atoms with Crippen LogP contribution in [0, 0.1) is 13.8 Å². The Balaban J connectivity index is 1.68. The predicted molar refractivity (Wildman–Crippen MR) is 98.3 cm³/mol. The number of ether oxygens (including phenoxy) is 1. The van der Waals surface area contributed by atoms with Gasteiger partial charge in [-0.3, -0.25) is 4.79 Å². The Hall–Kier alpha value is -1.16. The highest BCUT2D eigenvalue weighted by molar-refractivity contribution is 7.99. The van der Waals surface area contributed by atoms with Crippen LogP contribution in [0.25, 0.3) is 0 Å². The van der Waals surface area contributed by atoms with Crippen LogP contribution in [0.2, 0.25) is 0 Å². The summed E-state index contributed by atoms with van der Waals surface area (Å²) in [6.07, 6.45) is 6.34. The SMILES string of the molecule is Cc1ccc(O[C@@H](C)C(=O)NCCSC2CCCCC2)c(C)c1. The van der Waals surface area contributed by atoms with Crippen molar-refractivity contribution in [3.05, 3.63) is 29.3 Å². The van der Waals surface area contributed by atoms with Crippen molar-refractivity contribution in [2.24, 2.45) is 0 Å². The van der Waals surface area contributed by atoms with Crippen molar-refractivity contribution in [3.63, 3.8) is 0 Å². The molecule has 1 atom stereocenters. The van der Waals surface area contributed by atoms with Gasteiger partial charge in [0.25, 0.3) is 5.91 Å². The van der Waals surface area contributed by atoms with E-state index in [0.717, 1.165) is 28.9 Å². The number of hydrogen-bond donors (Lipinski definition) is 1. The number of benzene rings is 1. The van der Waals surface area contributed by atoms with Gasteiger partial charge in [-0.2, -0.15) is 11.8 Å². The first kappa shape index (κ1) is 18.2. The normalized spacial score (nSPS) is 16.8. The van der Waals surface area contributed by atoms with E-state index in [0.29, 0.717) is 0 Å². The topological polar surface area (TPSA) is 38.3 Å². The molecule has 1 aromatic rings. The highest BCUT2D eigenvalue weighted by Gasteiger charge is 2.16. The molecule has 1 amide bonds.